The molecule has 0 unspecified atom stereocenters. The van der Waals surface area contributed by atoms with Gasteiger partial charge in [0.2, 0.25) is 0 Å². The Morgan fingerprint density at radius 3 is 2.55 bits per heavy atom. The predicted octanol–water partition coefficient (Wildman–Crippen LogP) is 6.01. The van der Waals surface area contributed by atoms with Crippen LogP contribution < -0.4 is 5.32 Å². The summed E-state index contributed by atoms with van der Waals surface area (Å²) < 4.78 is 0. The van der Waals surface area contributed by atoms with Crippen LogP contribution in [0, 0.1) is 18.3 Å². The van der Waals surface area contributed by atoms with Crippen molar-refractivity contribution in [3.05, 3.63) is 92.1 Å². The molecule has 1 aliphatic carbocycles. The molecule has 0 saturated heterocycles. The zero-order valence-electron chi connectivity index (χ0n) is 16.2. The average Bonchev–Trinajstić information content (AvgIpc) is 2.73. The Hall–Kier alpha value is -2.48. The fraction of sp³-hybridized carbons (Fsp3) is 0.250. The average molecular weight is 421 g/mol. The molecule has 29 heavy (non-hydrogen) atoms. The van der Waals surface area contributed by atoms with Gasteiger partial charge in [-0.15, -0.1) is 11.8 Å². The lowest BCUT2D eigenvalue weighted by molar-refractivity contribution is -0.116. The number of allylic oxidation sites excluding steroid dienone is 3. The van der Waals surface area contributed by atoms with Gasteiger partial charge >= 0.3 is 0 Å². The molecule has 2 aromatic carbocycles. The largest absolute Gasteiger partial charge is 0.352 e. The molecule has 3 nitrogen and oxygen atoms in total. The summed E-state index contributed by atoms with van der Waals surface area (Å²) in [6, 6.07) is 18.3. The number of hydrogen-bond acceptors (Lipinski definition) is 4. The van der Waals surface area contributed by atoms with E-state index in [9.17, 15) is 10.1 Å². The van der Waals surface area contributed by atoms with Crippen molar-refractivity contribution >= 4 is 29.1 Å². The second-order valence-electron chi connectivity index (χ2n) is 7.41. The molecule has 0 spiro atoms. The molecule has 1 heterocycles. The maximum atomic E-state index is 12.8. The highest BCUT2D eigenvalue weighted by molar-refractivity contribution is 8.02. The Kier molecular flexibility index (Phi) is 5.80. The van der Waals surface area contributed by atoms with Crippen LogP contribution >= 0.6 is 23.4 Å². The first-order valence-electron chi connectivity index (χ1n) is 9.68. The molecule has 1 N–H and O–H groups in total. The van der Waals surface area contributed by atoms with E-state index in [-0.39, 0.29) is 11.7 Å². The van der Waals surface area contributed by atoms with Gasteiger partial charge in [0.05, 0.1) is 22.6 Å². The number of rotatable bonds is 4. The van der Waals surface area contributed by atoms with Crippen LogP contribution in [0.25, 0.3) is 0 Å². The minimum atomic E-state index is -0.294. The minimum Gasteiger partial charge on any atom is -0.352 e. The number of aryl methyl sites for hydroxylation is 1. The van der Waals surface area contributed by atoms with Crippen molar-refractivity contribution in [1.82, 2.24) is 5.32 Å². The van der Waals surface area contributed by atoms with E-state index in [2.05, 4.69) is 11.4 Å². The van der Waals surface area contributed by atoms with E-state index >= 15 is 0 Å². The van der Waals surface area contributed by atoms with Crippen LogP contribution in [0.1, 0.15) is 41.9 Å². The molecule has 0 bridgehead atoms. The molecule has 1 aliphatic heterocycles. The first-order valence-corrected chi connectivity index (χ1v) is 11.0. The summed E-state index contributed by atoms with van der Waals surface area (Å²) in [5.41, 5.74) is 5.67. The van der Waals surface area contributed by atoms with E-state index in [0.29, 0.717) is 17.0 Å². The number of Topliss-reactive ketones (excluding diaryl/α,β-unsaturated/α-hetero) is 1. The molecule has 2 aromatic rings. The minimum absolute atomic E-state index is 0.152. The summed E-state index contributed by atoms with van der Waals surface area (Å²) in [4.78, 5) is 12.8. The Labute approximate surface area is 180 Å². The van der Waals surface area contributed by atoms with Crippen LogP contribution in [-0.2, 0) is 10.5 Å². The van der Waals surface area contributed by atoms with E-state index in [1.807, 2.05) is 55.5 Å². The molecule has 0 saturated carbocycles. The van der Waals surface area contributed by atoms with E-state index < -0.39 is 0 Å². The molecule has 4 rings (SSSR count). The standard InChI is InChI=1S/C24H21ClN2OS/c1-15-5-9-17(10-6-15)22-19(13-26)24(27-20-3-2-4-21(28)23(20)22)29-14-16-7-11-18(25)12-8-16/h5-12,22,27H,2-4,14H2,1H3/t22-/m0/s1. The number of halogens is 1. The lowest BCUT2D eigenvalue weighted by atomic mass is 9.77. The fourth-order valence-corrected chi connectivity index (χ4v) is 5.01. The van der Waals surface area contributed by atoms with E-state index in [1.54, 1.807) is 11.8 Å². The van der Waals surface area contributed by atoms with Gasteiger partial charge in [0.15, 0.2) is 5.78 Å². The summed E-state index contributed by atoms with van der Waals surface area (Å²) in [6.07, 6.45) is 2.24. The van der Waals surface area contributed by atoms with Crippen LogP contribution in [0.5, 0.6) is 0 Å². The van der Waals surface area contributed by atoms with Crippen LogP contribution in [0.3, 0.4) is 0 Å². The third kappa shape index (κ3) is 4.12. The lowest BCUT2D eigenvalue weighted by Crippen LogP contribution is -2.31. The van der Waals surface area contributed by atoms with Crippen LogP contribution in [0.2, 0.25) is 5.02 Å². The number of benzene rings is 2. The molecular weight excluding hydrogens is 400 g/mol. The first kappa shape index (κ1) is 19.8. The summed E-state index contributed by atoms with van der Waals surface area (Å²) >= 11 is 7.59. The third-order valence-corrected chi connectivity index (χ3v) is 6.71. The van der Waals surface area contributed by atoms with Gasteiger partial charge in [-0.1, -0.05) is 53.6 Å². The smallest absolute Gasteiger partial charge is 0.161 e. The van der Waals surface area contributed by atoms with Gasteiger partial charge in [0.25, 0.3) is 0 Å². The number of ketones is 1. The van der Waals surface area contributed by atoms with Gasteiger partial charge < -0.3 is 5.32 Å². The number of nitriles is 1. The van der Waals surface area contributed by atoms with Gasteiger partial charge in [-0.25, -0.2) is 0 Å². The second-order valence-corrected chi connectivity index (χ2v) is 8.83. The second kappa shape index (κ2) is 8.49. The number of carbonyl (C=O) groups is 1. The summed E-state index contributed by atoms with van der Waals surface area (Å²) in [7, 11) is 0. The summed E-state index contributed by atoms with van der Waals surface area (Å²) in [6.45, 7) is 2.04. The number of nitrogens with zero attached hydrogens (tertiary/aromatic N) is 1. The first-order chi connectivity index (χ1) is 14.1. The number of dihydropyridines is 1. The maximum absolute atomic E-state index is 12.8. The zero-order chi connectivity index (χ0) is 20.4. The Bertz CT molecular complexity index is 1050. The normalized spacial score (nSPS) is 18.9. The van der Waals surface area contributed by atoms with Crippen molar-refractivity contribution in [3.8, 4) is 6.07 Å². The monoisotopic (exact) mass is 420 g/mol. The van der Waals surface area contributed by atoms with Crippen LogP contribution in [0.4, 0.5) is 0 Å². The van der Waals surface area contributed by atoms with Crippen molar-refractivity contribution in [2.45, 2.75) is 37.9 Å². The molecular formula is C24H21ClN2OS. The highest BCUT2D eigenvalue weighted by atomic mass is 35.5. The van der Waals surface area contributed by atoms with Gasteiger partial charge in [0.1, 0.15) is 0 Å². The van der Waals surface area contributed by atoms with Crippen molar-refractivity contribution in [2.24, 2.45) is 0 Å². The molecule has 0 amide bonds. The van der Waals surface area contributed by atoms with Gasteiger partial charge in [0, 0.05) is 28.5 Å². The van der Waals surface area contributed by atoms with E-state index in [1.165, 1.54) is 0 Å². The highest BCUT2D eigenvalue weighted by Crippen LogP contribution is 2.44. The Morgan fingerprint density at radius 2 is 1.86 bits per heavy atom. The fourth-order valence-electron chi connectivity index (χ4n) is 3.87. The number of hydrogen-bond donors (Lipinski definition) is 1. The molecule has 146 valence electrons. The molecule has 0 fully saturated rings. The molecule has 0 radical (unpaired) electrons. The Morgan fingerprint density at radius 1 is 1.14 bits per heavy atom. The van der Waals surface area contributed by atoms with Gasteiger partial charge in [-0.3, -0.25) is 4.79 Å². The molecule has 2 aliphatic rings. The maximum Gasteiger partial charge on any atom is 0.161 e. The third-order valence-electron chi connectivity index (χ3n) is 5.37. The summed E-state index contributed by atoms with van der Waals surface area (Å²) in [5.74, 6) is 0.582. The number of thioether (sulfide) groups is 1. The molecule has 1 atom stereocenters. The lowest BCUT2D eigenvalue weighted by Gasteiger charge is -2.33. The van der Waals surface area contributed by atoms with Gasteiger partial charge in [-0.2, -0.15) is 5.26 Å². The van der Waals surface area contributed by atoms with Crippen molar-refractivity contribution < 1.29 is 4.79 Å². The van der Waals surface area contributed by atoms with Crippen LogP contribution in [-0.4, -0.2) is 5.78 Å². The van der Waals surface area contributed by atoms with Crippen molar-refractivity contribution in [3.63, 3.8) is 0 Å². The highest BCUT2D eigenvalue weighted by Gasteiger charge is 2.36. The van der Waals surface area contributed by atoms with Gasteiger partial charge in [-0.05, 0) is 43.0 Å². The van der Waals surface area contributed by atoms with Crippen LogP contribution in [0.15, 0.2) is 70.4 Å². The molecule has 5 heteroatoms. The number of nitrogens with one attached hydrogen (secondary N) is 1. The van der Waals surface area contributed by atoms with Crippen molar-refractivity contribution in [2.75, 3.05) is 0 Å². The summed E-state index contributed by atoms with van der Waals surface area (Å²) in [5, 5.41) is 15.0. The van der Waals surface area contributed by atoms with Crippen molar-refractivity contribution in [1.29, 1.82) is 5.26 Å². The topological polar surface area (TPSA) is 52.9 Å². The SMILES string of the molecule is Cc1ccc([C@H]2C(C#N)=C(SCc3ccc(Cl)cc3)NC3=C2C(=O)CCC3)cc1. The number of carbonyl (C=O) groups excluding carboxylic acids is 1. The Balaban J connectivity index is 1.72. The molecule has 0 aromatic heterocycles. The van der Waals surface area contributed by atoms with E-state index in [0.717, 1.165) is 51.6 Å². The predicted molar refractivity (Wildman–Crippen MR) is 118 cm³/mol. The quantitative estimate of drug-likeness (QED) is 0.657. The zero-order valence-corrected chi connectivity index (χ0v) is 17.7. The van der Waals surface area contributed by atoms with E-state index in [4.69, 9.17) is 11.6 Å².